The van der Waals surface area contributed by atoms with Crippen LogP contribution in [0, 0.1) is 5.82 Å². The number of rotatable bonds is 2. The van der Waals surface area contributed by atoms with Gasteiger partial charge in [-0.2, -0.15) is 9.50 Å². The van der Waals surface area contributed by atoms with Crippen molar-refractivity contribution in [2.45, 2.75) is 0 Å². The zero-order valence-corrected chi connectivity index (χ0v) is 14.7. The van der Waals surface area contributed by atoms with Gasteiger partial charge in [-0.3, -0.25) is 4.79 Å². The summed E-state index contributed by atoms with van der Waals surface area (Å²) in [6.45, 7) is 0. The third kappa shape index (κ3) is 2.93. The third-order valence-electron chi connectivity index (χ3n) is 3.54. The minimum atomic E-state index is -0.495. The van der Waals surface area contributed by atoms with Gasteiger partial charge in [-0.15, -0.1) is 5.10 Å². The van der Waals surface area contributed by atoms with E-state index in [0.29, 0.717) is 25.9 Å². The first kappa shape index (κ1) is 16.2. The second-order valence-corrected chi connectivity index (χ2v) is 7.04. The van der Waals surface area contributed by atoms with Crippen LogP contribution in [-0.2, 0) is 0 Å². The molecule has 4 nitrogen and oxygen atoms in total. The van der Waals surface area contributed by atoms with Gasteiger partial charge in [-0.25, -0.2) is 4.39 Å². The van der Waals surface area contributed by atoms with Crippen molar-refractivity contribution >= 4 is 45.6 Å². The van der Waals surface area contributed by atoms with Gasteiger partial charge in [-0.1, -0.05) is 52.7 Å². The summed E-state index contributed by atoms with van der Waals surface area (Å²) >= 11 is 13.1. The molecule has 0 fully saturated rings. The Balaban J connectivity index is 1.87. The van der Waals surface area contributed by atoms with Crippen molar-refractivity contribution < 1.29 is 4.39 Å². The molecule has 4 aromatic rings. The molecule has 0 saturated carbocycles. The zero-order chi connectivity index (χ0) is 17.6. The van der Waals surface area contributed by atoms with Gasteiger partial charge in [0.25, 0.3) is 5.56 Å². The van der Waals surface area contributed by atoms with E-state index in [0.717, 1.165) is 11.3 Å². The molecule has 0 aliphatic carbocycles. The summed E-state index contributed by atoms with van der Waals surface area (Å²) in [6, 6.07) is 11.4. The van der Waals surface area contributed by atoms with Gasteiger partial charge in [0.05, 0.1) is 9.55 Å². The molecule has 4 rings (SSSR count). The molecule has 0 unspecified atom stereocenters. The Morgan fingerprint density at radius 3 is 2.68 bits per heavy atom. The Labute approximate surface area is 154 Å². The molecule has 0 amide bonds. The normalized spacial score (nSPS) is 12.2. The predicted molar refractivity (Wildman–Crippen MR) is 97.8 cm³/mol. The van der Waals surface area contributed by atoms with Gasteiger partial charge in [-0.05, 0) is 30.3 Å². The Hall–Kier alpha value is -2.28. The van der Waals surface area contributed by atoms with Crippen LogP contribution in [0.3, 0.4) is 0 Å². The predicted octanol–water partition coefficient (Wildman–Crippen LogP) is 3.81. The van der Waals surface area contributed by atoms with E-state index in [1.165, 1.54) is 22.7 Å². The second kappa shape index (κ2) is 6.22. The van der Waals surface area contributed by atoms with Crippen molar-refractivity contribution in [2.24, 2.45) is 0 Å². The van der Waals surface area contributed by atoms with Crippen molar-refractivity contribution in [3.63, 3.8) is 0 Å². The van der Waals surface area contributed by atoms with Crippen LogP contribution in [0.4, 0.5) is 4.39 Å². The molecule has 0 spiro atoms. The maximum Gasteiger partial charge on any atom is 0.291 e. The minimum Gasteiger partial charge on any atom is -0.266 e. The van der Waals surface area contributed by atoms with Gasteiger partial charge in [0.2, 0.25) is 4.96 Å². The van der Waals surface area contributed by atoms with E-state index >= 15 is 0 Å². The Kier molecular flexibility index (Phi) is 4.03. The number of nitrogens with zero attached hydrogens (tertiary/aromatic N) is 3. The van der Waals surface area contributed by atoms with Crippen molar-refractivity contribution in [3.8, 4) is 11.4 Å². The Bertz CT molecular complexity index is 1200. The molecular weight excluding hydrogens is 384 g/mol. The lowest BCUT2D eigenvalue weighted by atomic mass is 10.2. The second-order valence-electron chi connectivity index (χ2n) is 5.19. The lowest BCUT2D eigenvalue weighted by Gasteiger charge is -1.97. The molecule has 0 atom stereocenters. The number of benzene rings is 2. The summed E-state index contributed by atoms with van der Waals surface area (Å²) in [5.41, 5.74) is 0.506. The van der Waals surface area contributed by atoms with Crippen molar-refractivity contribution in [2.75, 3.05) is 0 Å². The highest BCUT2D eigenvalue weighted by Crippen LogP contribution is 2.21. The topological polar surface area (TPSA) is 47.3 Å². The van der Waals surface area contributed by atoms with Gasteiger partial charge in [0.1, 0.15) is 5.82 Å². The molecule has 2 aromatic carbocycles. The standard InChI is InChI=1S/C17H8Cl2FN3OS/c18-10-4-1-3-9(7-10)15-21-17-23(22-15)16(24)14(25-17)8-11-12(19)5-2-6-13(11)20/h1-8H/b14-8-. The molecule has 8 heteroatoms. The first-order chi connectivity index (χ1) is 12.0. The van der Waals surface area contributed by atoms with E-state index in [1.807, 2.05) is 6.07 Å². The first-order valence-corrected chi connectivity index (χ1v) is 8.71. The van der Waals surface area contributed by atoms with Crippen LogP contribution in [0.5, 0.6) is 0 Å². The van der Waals surface area contributed by atoms with Gasteiger partial charge in [0.15, 0.2) is 5.82 Å². The van der Waals surface area contributed by atoms with Gasteiger partial charge in [0, 0.05) is 16.1 Å². The number of fused-ring (bicyclic) bond motifs is 1. The van der Waals surface area contributed by atoms with Gasteiger partial charge < -0.3 is 0 Å². The highest BCUT2D eigenvalue weighted by Gasteiger charge is 2.13. The molecular formula is C17H8Cl2FN3OS. The molecule has 2 aromatic heterocycles. The molecule has 0 saturated heterocycles. The zero-order valence-electron chi connectivity index (χ0n) is 12.4. The number of aromatic nitrogens is 3. The summed E-state index contributed by atoms with van der Waals surface area (Å²) in [5, 5.41) is 5.02. The molecule has 25 heavy (non-hydrogen) atoms. The summed E-state index contributed by atoms with van der Waals surface area (Å²) in [6.07, 6.45) is 1.42. The van der Waals surface area contributed by atoms with Crippen LogP contribution in [0.1, 0.15) is 5.56 Å². The molecule has 0 bridgehead atoms. The van der Waals surface area contributed by atoms with Gasteiger partial charge >= 0.3 is 0 Å². The number of thiazole rings is 1. The monoisotopic (exact) mass is 391 g/mol. The molecule has 2 heterocycles. The van der Waals surface area contributed by atoms with Crippen molar-refractivity contribution in [1.29, 1.82) is 0 Å². The van der Waals surface area contributed by atoms with Crippen molar-refractivity contribution in [3.05, 3.63) is 78.8 Å². The summed E-state index contributed by atoms with van der Waals surface area (Å²) in [7, 11) is 0. The minimum absolute atomic E-state index is 0.167. The van der Waals surface area contributed by atoms with Crippen LogP contribution >= 0.6 is 34.5 Å². The molecule has 0 aliphatic heterocycles. The fourth-order valence-corrected chi connectivity index (χ4v) is 3.66. The summed E-state index contributed by atoms with van der Waals surface area (Å²) in [4.78, 5) is 17.3. The fraction of sp³-hybridized carbons (Fsp3) is 0. The highest BCUT2D eigenvalue weighted by atomic mass is 35.5. The van der Waals surface area contributed by atoms with E-state index in [2.05, 4.69) is 10.1 Å². The fourth-order valence-electron chi connectivity index (χ4n) is 2.36. The number of halogens is 3. The van der Waals surface area contributed by atoms with Crippen LogP contribution in [0.15, 0.2) is 47.3 Å². The largest absolute Gasteiger partial charge is 0.291 e. The number of hydrogen-bond acceptors (Lipinski definition) is 4. The number of hydrogen-bond donors (Lipinski definition) is 0. The van der Waals surface area contributed by atoms with E-state index in [4.69, 9.17) is 23.2 Å². The lowest BCUT2D eigenvalue weighted by molar-refractivity contribution is 0.625. The van der Waals surface area contributed by atoms with E-state index < -0.39 is 5.82 Å². The maximum atomic E-state index is 13.9. The van der Waals surface area contributed by atoms with E-state index in [-0.39, 0.29) is 16.1 Å². The van der Waals surface area contributed by atoms with Crippen molar-refractivity contribution in [1.82, 2.24) is 14.6 Å². The average Bonchev–Trinajstić information content (AvgIpc) is 3.11. The molecule has 124 valence electrons. The van der Waals surface area contributed by atoms with Crippen LogP contribution < -0.4 is 10.1 Å². The highest BCUT2D eigenvalue weighted by molar-refractivity contribution is 7.15. The lowest BCUT2D eigenvalue weighted by Crippen LogP contribution is -2.23. The average molecular weight is 392 g/mol. The Morgan fingerprint density at radius 1 is 1.16 bits per heavy atom. The summed E-state index contributed by atoms with van der Waals surface area (Å²) < 4.78 is 15.4. The van der Waals surface area contributed by atoms with E-state index in [9.17, 15) is 9.18 Å². The quantitative estimate of drug-likeness (QED) is 0.521. The maximum absolute atomic E-state index is 13.9. The van der Waals surface area contributed by atoms with E-state index in [1.54, 1.807) is 24.3 Å². The SMILES string of the molecule is O=c1/c(=C/c2c(F)cccc2Cl)sc2nc(-c3cccc(Cl)c3)nn12. The smallest absolute Gasteiger partial charge is 0.266 e. The molecule has 0 aliphatic rings. The Morgan fingerprint density at radius 2 is 1.96 bits per heavy atom. The van der Waals surface area contributed by atoms with Crippen LogP contribution in [0.25, 0.3) is 22.4 Å². The first-order valence-electron chi connectivity index (χ1n) is 7.14. The third-order valence-corrected chi connectivity index (χ3v) is 5.06. The molecule has 0 radical (unpaired) electrons. The van der Waals surface area contributed by atoms with Crippen LogP contribution in [0.2, 0.25) is 10.0 Å². The summed E-state index contributed by atoms with van der Waals surface area (Å²) in [5.74, 6) is -0.0909. The van der Waals surface area contributed by atoms with Crippen LogP contribution in [-0.4, -0.2) is 14.6 Å². The molecule has 0 N–H and O–H groups in total.